The van der Waals surface area contributed by atoms with Crippen molar-refractivity contribution in [2.24, 2.45) is 28.5 Å². The molecule has 0 spiro atoms. The minimum absolute atomic E-state index is 0.0136. The molecule has 2 aliphatic rings. The van der Waals surface area contributed by atoms with Crippen molar-refractivity contribution in [1.82, 2.24) is 15.6 Å². The maximum atomic E-state index is 11.4. The van der Waals surface area contributed by atoms with Crippen molar-refractivity contribution in [3.05, 3.63) is 23.9 Å². The van der Waals surface area contributed by atoms with E-state index in [2.05, 4.69) is 45.4 Å². The van der Waals surface area contributed by atoms with Crippen LogP contribution in [0.25, 0.3) is 0 Å². The number of primary amides is 1. The van der Waals surface area contributed by atoms with Gasteiger partial charge in [-0.25, -0.2) is 4.98 Å². The summed E-state index contributed by atoms with van der Waals surface area (Å²) in [4.78, 5) is 22.8. The smallest absolute Gasteiger partial charge is 0.220 e. The van der Waals surface area contributed by atoms with Crippen molar-refractivity contribution in [3.8, 4) is 0 Å². The van der Waals surface area contributed by atoms with Crippen LogP contribution in [-0.4, -0.2) is 43.0 Å². The van der Waals surface area contributed by atoms with Crippen LogP contribution in [0.3, 0.4) is 0 Å². The summed E-state index contributed by atoms with van der Waals surface area (Å²) in [5.41, 5.74) is 6.61. The second kappa shape index (κ2) is 10.6. The fourth-order valence-electron chi connectivity index (χ4n) is 4.73. The van der Waals surface area contributed by atoms with Crippen molar-refractivity contribution in [3.63, 3.8) is 0 Å². The summed E-state index contributed by atoms with van der Waals surface area (Å²) in [6.07, 6.45) is 8.41. The lowest BCUT2D eigenvalue weighted by atomic mass is 9.80. The van der Waals surface area contributed by atoms with Crippen molar-refractivity contribution in [1.29, 1.82) is 0 Å². The third kappa shape index (κ3) is 5.86. The Bertz CT molecular complexity index is 718. The Hall–Kier alpha value is -2.31. The van der Waals surface area contributed by atoms with Gasteiger partial charge in [-0.05, 0) is 56.4 Å². The van der Waals surface area contributed by atoms with Crippen molar-refractivity contribution >= 4 is 17.7 Å². The minimum Gasteiger partial charge on any atom is -0.369 e. The molecule has 2 heterocycles. The number of aromatic nitrogens is 1. The number of nitrogens with one attached hydrogen (secondary N) is 2. The summed E-state index contributed by atoms with van der Waals surface area (Å²) in [6.45, 7) is 6.95. The third-order valence-electron chi connectivity index (χ3n) is 6.79. The second-order valence-corrected chi connectivity index (χ2v) is 9.08. The quantitative estimate of drug-likeness (QED) is 0.491. The van der Waals surface area contributed by atoms with Crippen LogP contribution in [0.15, 0.2) is 23.3 Å². The van der Waals surface area contributed by atoms with Gasteiger partial charge in [-0.1, -0.05) is 19.9 Å². The molecular weight excluding hydrogens is 376 g/mol. The number of hydrogen-bond acceptors (Lipinski definition) is 4. The number of hydrogen-bond donors (Lipinski definition) is 3. The molecule has 2 fully saturated rings. The molecule has 3 rings (SSSR count). The average Bonchev–Trinajstić information content (AvgIpc) is 2.77. The van der Waals surface area contributed by atoms with Gasteiger partial charge in [0.25, 0.3) is 0 Å². The maximum absolute atomic E-state index is 11.4. The molecule has 1 saturated carbocycles. The summed E-state index contributed by atoms with van der Waals surface area (Å²) >= 11 is 0. The van der Waals surface area contributed by atoms with Gasteiger partial charge < -0.3 is 21.3 Å². The molecule has 0 unspecified atom stereocenters. The van der Waals surface area contributed by atoms with Crippen molar-refractivity contribution < 1.29 is 4.79 Å². The molecule has 1 aromatic heterocycles. The Kier molecular flexibility index (Phi) is 7.94. The molecule has 4 N–H and O–H groups in total. The first kappa shape index (κ1) is 22.4. The number of nitrogens with zero attached hydrogens (tertiary/aromatic N) is 3. The molecule has 0 aromatic carbocycles. The van der Waals surface area contributed by atoms with Crippen molar-refractivity contribution in [2.75, 3.05) is 25.0 Å². The molecule has 1 aliphatic carbocycles. The van der Waals surface area contributed by atoms with E-state index in [1.807, 2.05) is 19.3 Å². The zero-order valence-corrected chi connectivity index (χ0v) is 18.7. The van der Waals surface area contributed by atoms with Gasteiger partial charge >= 0.3 is 0 Å². The monoisotopic (exact) mass is 414 g/mol. The van der Waals surface area contributed by atoms with Crippen LogP contribution in [0.2, 0.25) is 0 Å². The van der Waals surface area contributed by atoms with Crippen LogP contribution in [0.1, 0.15) is 57.9 Å². The lowest BCUT2D eigenvalue weighted by Crippen LogP contribution is -2.45. The van der Waals surface area contributed by atoms with Gasteiger partial charge in [0.2, 0.25) is 5.91 Å². The second-order valence-electron chi connectivity index (χ2n) is 9.08. The van der Waals surface area contributed by atoms with Crippen LogP contribution < -0.4 is 21.3 Å². The highest BCUT2D eigenvalue weighted by atomic mass is 16.1. The zero-order chi connectivity index (χ0) is 21.5. The number of guanidine groups is 1. The molecule has 1 saturated heterocycles. The summed E-state index contributed by atoms with van der Waals surface area (Å²) in [6, 6.07) is 4.57. The molecule has 0 atom stereocenters. The fourth-order valence-corrected chi connectivity index (χ4v) is 4.73. The number of nitrogens with two attached hydrogens (primary N) is 1. The molecule has 7 nitrogen and oxygen atoms in total. The number of pyridine rings is 1. The van der Waals surface area contributed by atoms with Crippen LogP contribution >= 0.6 is 0 Å². The molecule has 166 valence electrons. The highest BCUT2D eigenvalue weighted by molar-refractivity contribution is 5.80. The maximum Gasteiger partial charge on any atom is 0.220 e. The standard InChI is InChI=1S/C23H38N6O/c1-16(2)17-6-8-20(9-7-17)28-23(25-3)27-15-19-5-4-12-26-22(19)29-13-10-18(11-14-29)21(24)30/h4-5,12,16-18,20H,6-11,13-15H2,1-3H3,(H2,24,30)(H2,25,27,28). The van der Waals surface area contributed by atoms with Gasteiger partial charge in [0, 0.05) is 50.4 Å². The number of amides is 1. The lowest BCUT2D eigenvalue weighted by Gasteiger charge is -2.33. The van der Waals surface area contributed by atoms with E-state index in [-0.39, 0.29) is 11.8 Å². The predicted octanol–water partition coefficient (Wildman–Crippen LogP) is 2.66. The Morgan fingerprint density at radius 1 is 1.23 bits per heavy atom. The fraction of sp³-hybridized carbons (Fsp3) is 0.696. The molecular formula is C23H38N6O. The van der Waals surface area contributed by atoms with Gasteiger partial charge in [0.1, 0.15) is 5.82 Å². The van der Waals surface area contributed by atoms with Crippen LogP contribution in [0, 0.1) is 17.8 Å². The Balaban J connectivity index is 1.53. The van der Waals surface area contributed by atoms with Gasteiger partial charge in [-0.2, -0.15) is 0 Å². The first-order chi connectivity index (χ1) is 14.5. The Morgan fingerprint density at radius 3 is 2.53 bits per heavy atom. The van der Waals surface area contributed by atoms with Gasteiger partial charge in [-0.15, -0.1) is 0 Å². The molecule has 0 radical (unpaired) electrons. The van der Waals surface area contributed by atoms with E-state index in [0.29, 0.717) is 12.6 Å². The summed E-state index contributed by atoms with van der Waals surface area (Å²) in [5, 5.41) is 7.08. The van der Waals surface area contributed by atoms with E-state index in [4.69, 9.17) is 5.73 Å². The number of carbonyl (C=O) groups is 1. The number of anilines is 1. The lowest BCUT2D eigenvalue weighted by molar-refractivity contribution is -0.122. The zero-order valence-electron chi connectivity index (χ0n) is 18.7. The minimum atomic E-state index is -0.185. The molecule has 0 bridgehead atoms. The van der Waals surface area contributed by atoms with Gasteiger partial charge in [0.15, 0.2) is 5.96 Å². The van der Waals surface area contributed by atoms with Gasteiger partial charge in [-0.3, -0.25) is 9.79 Å². The summed E-state index contributed by atoms with van der Waals surface area (Å²) in [7, 11) is 1.83. The summed E-state index contributed by atoms with van der Waals surface area (Å²) < 4.78 is 0. The summed E-state index contributed by atoms with van der Waals surface area (Å²) in [5.74, 6) is 3.27. The van der Waals surface area contributed by atoms with Crippen LogP contribution in [0.5, 0.6) is 0 Å². The number of carbonyl (C=O) groups excluding carboxylic acids is 1. The molecule has 1 amide bonds. The first-order valence-electron chi connectivity index (χ1n) is 11.4. The third-order valence-corrected chi connectivity index (χ3v) is 6.79. The van der Waals surface area contributed by atoms with E-state index in [1.54, 1.807) is 0 Å². The Morgan fingerprint density at radius 2 is 1.93 bits per heavy atom. The van der Waals surface area contributed by atoms with E-state index >= 15 is 0 Å². The largest absolute Gasteiger partial charge is 0.369 e. The van der Waals surface area contributed by atoms with E-state index < -0.39 is 0 Å². The number of aliphatic imine (C=N–C) groups is 1. The highest BCUT2D eigenvalue weighted by Crippen LogP contribution is 2.30. The topological polar surface area (TPSA) is 95.6 Å². The van der Waals surface area contributed by atoms with Gasteiger partial charge in [0.05, 0.1) is 0 Å². The number of piperidine rings is 1. The van der Waals surface area contributed by atoms with E-state index in [0.717, 1.165) is 55.1 Å². The predicted molar refractivity (Wildman–Crippen MR) is 122 cm³/mol. The SMILES string of the molecule is CN=C(NCc1cccnc1N1CCC(C(N)=O)CC1)NC1CCC(C(C)C)CC1. The van der Waals surface area contributed by atoms with Crippen LogP contribution in [-0.2, 0) is 11.3 Å². The molecule has 1 aliphatic heterocycles. The Labute approximate surface area is 180 Å². The van der Waals surface area contributed by atoms with E-state index in [1.165, 1.54) is 25.7 Å². The molecule has 30 heavy (non-hydrogen) atoms. The van der Waals surface area contributed by atoms with E-state index in [9.17, 15) is 4.79 Å². The van der Waals surface area contributed by atoms with Crippen molar-refractivity contribution in [2.45, 2.75) is 65.0 Å². The highest BCUT2D eigenvalue weighted by Gasteiger charge is 2.26. The van der Waals surface area contributed by atoms with Crippen LogP contribution in [0.4, 0.5) is 5.82 Å². The number of rotatable bonds is 6. The first-order valence-corrected chi connectivity index (χ1v) is 11.4. The molecule has 1 aromatic rings. The average molecular weight is 415 g/mol. The normalized spacial score (nSPS) is 23.5. The molecule has 7 heteroatoms.